The Morgan fingerprint density at radius 1 is 0.346 bits per heavy atom. The number of fused-ring (bicyclic) bond motifs is 6. The van der Waals surface area contributed by atoms with Crippen molar-refractivity contribution in [1.29, 1.82) is 0 Å². The van der Waals surface area contributed by atoms with Gasteiger partial charge < -0.3 is 9.32 Å². The van der Waals surface area contributed by atoms with Gasteiger partial charge in [0.15, 0.2) is 0 Å². The molecule has 0 atom stereocenters. The van der Waals surface area contributed by atoms with Crippen molar-refractivity contribution in [3.8, 4) is 33.4 Å². The second kappa shape index (κ2) is 12.5. The largest absolute Gasteiger partial charge is 0.455 e. The van der Waals surface area contributed by atoms with Crippen LogP contribution in [0, 0.1) is 0 Å². The van der Waals surface area contributed by atoms with Crippen LogP contribution in [0.4, 0.5) is 17.1 Å². The van der Waals surface area contributed by atoms with Gasteiger partial charge in [0.25, 0.3) is 0 Å². The molecule has 10 rings (SSSR count). The molecule has 1 aromatic heterocycles. The van der Waals surface area contributed by atoms with Crippen LogP contribution in [0.3, 0.4) is 0 Å². The van der Waals surface area contributed by atoms with Crippen LogP contribution in [-0.2, 0) is 0 Å². The maximum Gasteiger partial charge on any atom is 0.145 e. The Balaban J connectivity index is 1.17. The molecule has 2 heteroatoms. The van der Waals surface area contributed by atoms with Crippen LogP contribution in [0.1, 0.15) is 0 Å². The minimum atomic E-state index is 0.884. The molecular formula is C50H33NO. The molecule has 0 amide bonds. The summed E-state index contributed by atoms with van der Waals surface area (Å²) in [4.78, 5) is 2.39. The third-order valence-electron chi connectivity index (χ3n) is 10.3. The molecule has 244 valence electrons. The first-order chi connectivity index (χ1) is 25.8. The van der Waals surface area contributed by atoms with Gasteiger partial charge in [-0.05, 0) is 85.9 Å². The summed E-state index contributed by atoms with van der Waals surface area (Å²) < 4.78 is 6.65. The van der Waals surface area contributed by atoms with Gasteiger partial charge in [0.05, 0.1) is 11.1 Å². The van der Waals surface area contributed by atoms with Crippen molar-refractivity contribution in [1.82, 2.24) is 0 Å². The van der Waals surface area contributed by atoms with E-state index < -0.39 is 0 Å². The van der Waals surface area contributed by atoms with E-state index in [4.69, 9.17) is 4.42 Å². The molecule has 0 bridgehead atoms. The summed E-state index contributed by atoms with van der Waals surface area (Å²) in [5.41, 5.74) is 12.2. The second-order valence-electron chi connectivity index (χ2n) is 13.3. The Labute approximate surface area is 302 Å². The van der Waals surface area contributed by atoms with Gasteiger partial charge >= 0.3 is 0 Å². The molecule has 0 aliphatic heterocycles. The van der Waals surface area contributed by atoms with E-state index in [0.717, 1.165) is 49.8 Å². The lowest BCUT2D eigenvalue weighted by Gasteiger charge is -2.27. The Hall–Kier alpha value is -6.90. The van der Waals surface area contributed by atoms with E-state index in [1.807, 2.05) is 6.07 Å². The van der Waals surface area contributed by atoms with Crippen LogP contribution in [0.25, 0.3) is 76.9 Å². The fourth-order valence-electron chi connectivity index (χ4n) is 7.80. The first-order valence-electron chi connectivity index (χ1n) is 17.8. The first-order valence-corrected chi connectivity index (χ1v) is 17.8. The number of benzene rings is 9. The van der Waals surface area contributed by atoms with Crippen molar-refractivity contribution < 1.29 is 4.42 Å². The topological polar surface area (TPSA) is 16.4 Å². The highest BCUT2D eigenvalue weighted by molar-refractivity contribution is 6.22. The standard InChI is InChI=1S/C50H33NO/c1-2-13-34(14-3-1)41-19-8-9-20-43(41)36-25-29-39(30-26-36)51(40-31-27-37(28-32-40)44-23-12-17-35-15-4-6-18-42(35)44)47-33-38-16-5-7-21-45(38)50-49(47)46-22-10-11-24-48(46)52-50/h1-33H. The van der Waals surface area contributed by atoms with Gasteiger partial charge in [0.2, 0.25) is 0 Å². The van der Waals surface area contributed by atoms with E-state index in [1.54, 1.807) is 0 Å². The molecule has 52 heavy (non-hydrogen) atoms. The zero-order valence-corrected chi connectivity index (χ0v) is 28.4. The van der Waals surface area contributed by atoms with Crippen molar-refractivity contribution >= 4 is 60.5 Å². The summed E-state index contributed by atoms with van der Waals surface area (Å²) in [7, 11) is 0. The van der Waals surface area contributed by atoms with E-state index in [1.165, 1.54) is 44.2 Å². The molecule has 0 saturated carbocycles. The minimum Gasteiger partial charge on any atom is -0.455 e. The van der Waals surface area contributed by atoms with Crippen LogP contribution in [0.2, 0.25) is 0 Å². The molecule has 0 unspecified atom stereocenters. The number of hydrogen-bond acceptors (Lipinski definition) is 2. The first kappa shape index (κ1) is 30.0. The summed E-state index contributed by atoms with van der Waals surface area (Å²) in [6.07, 6.45) is 0. The Bertz CT molecular complexity index is 2880. The average Bonchev–Trinajstić information content (AvgIpc) is 3.62. The molecule has 0 spiro atoms. The predicted octanol–water partition coefficient (Wildman–Crippen LogP) is 14.4. The molecule has 0 aliphatic carbocycles. The second-order valence-corrected chi connectivity index (χ2v) is 13.3. The molecule has 0 N–H and O–H groups in total. The lowest BCUT2D eigenvalue weighted by Crippen LogP contribution is -2.10. The summed E-state index contributed by atoms with van der Waals surface area (Å²) >= 11 is 0. The Morgan fingerprint density at radius 3 is 1.56 bits per heavy atom. The summed E-state index contributed by atoms with van der Waals surface area (Å²) in [5, 5.41) is 6.94. The van der Waals surface area contributed by atoms with Gasteiger partial charge in [-0.15, -0.1) is 0 Å². The SMILES string of the molecule is c1ccc(-c2ccccc2-c2ccc(N(c3ccc(-c4cccc5ccccc45)cc3)c3cc4ccccc4c4oc5ccccc5c34)cc2)cc1. The summed E-state index contributed by atoms with van der Waals surface area (Å²) in [5.74, 6) is 0. The smallest absolute Gasteiger partial charge is 0.145 e. The van der Waals surface area contributed by atoms with Crippen molar-refractivity contribution in [2.24, 2.45) is 0 Å². The molecule has 1 heterocycles. The molecule has 10 aromatic rings. The molecule has 2 nitrogen and oxygen atoms in total. The molecule has 0 fully saturated rings. The molecular weight excluding hydrogens is 631 g/mol. The number of nitrogens with zero attached hydrogens (tertiary/aromatic N) is 1. The summed E-state index contributed by atoms with van der Waals surface area (Å²) in [6, 6.07) is 71.6. The number of furan rings is 1. The van der Waals surface area contributed by atoms with Crippen LogP contribution in [-0.4, -0.2) is 0 Å². The van der Waals surface area contributed by atoms with E-state index in [0.29, 0.717) is 0 Å². The monoisotopic (exact) mass is 663 g/mol. The van der Waals surface area contributed by atoms with E-state index in [2.05, 4.69) is 199 Å². The molecule has 0 saturated heterocycles. The van der Waals surface area contributed by atoms with Crippen molar-refractivity contribution in [2.45, 2.75) is 0 Å². The number of para-hydroxylation sites is 1. The van der Waals surface area contributed by atoms with Crippen LogP contribution >= 0.6 is 0 Å². The fourth-order valence-corrected chi connectivity index (χ4v) is 7.80. The number of rotatable bonds is 6. The highest BCUT2D eigenvalue weighted by Gasteiger charge is 2.22. The van der Waals surface area contributed by atoms with Gasteiger partial charge in [-0.1, -0.05) is 164 Å². The molecule has 0 aliphatic rings. The zero-order valence-electron chi connectivity index (χ0n) is 28.4. The lowest BCUT2D eigenvalue weighted by molar-refractivity contribution is 0.672. The van der Waals surface area contributed by atoms with Crippen LogP contribution < -0.4 is 4.90 Å². The zero-order chi connectivity index (χ0) is 34.4. The Kier molecular flexibility index (Phi) is 7.18. The highest BCUT2D eigenvalue weighted by Crippen LogP contribution is 2.46. The normalized spacial score (nSPS) is 11.5. The quantitative estimate of drug-likeness (QED) is 0.176. The van der Waals surface area contributed by atoms with Crippen LogP contribution in [0.15, 0.2) is 205 Å². The van der Waals surface area contributed by atoms with Gasteiger partial charge in [0, 0.05) is 22.1 Å². The van der Waals surface area contributed by atoms with Crippen molar-refractivity contribution in [3.05, 3.63) is 200 Å². The molecule has 9 aromatic carbocycles. The third-order valence-corrected chi connectivity index (χ3v) is 10.3. The van der Waals surface area contributed by atoms with Crippen molar-refractivity contribution in [3.63, 3.8) is 0 Å². The van der Waals surface area contributed by atoms with Crippen LogP contribution in [0.5, 0.6) is 0 Å². The van der Waals surface area contributed by atoms with Gasteiger partial charge in [-0.3, -0.25) is 0 Å². The number of anilines is 3. The van der Waals surface area contributed by atoms with Crippen molar-refractivity contribution in [2.75, 3.05) is 4.90 Å². The Morgan fingerprint density at radius 2 is 0.846 bits per heavy atom. The van der Waals surface area contributed by atoms with Gasteiger partial charge in [-0.25, -0.2) is 0 Å². The van der Waals surface area contributed by atoms with Gasteiger partial charge in [-0.2, -0.15) is 0 Å². The maximum absolute atomic E-state index is 6.65. The van der Waals surface area contributed by atoms with Gasteiger partial charge in [0.1, 0.15) is 11.2 Å². The maximum atomic E-state index is 6.65. The number of hydrogen-bond donors (Lipinski definition) is 0. The van der Waals surface area contributed by atoms with E-state index in [-0.39, 0.29) is 0 Å². The van der Waals surface area contributed by atoms with E-state index >= 15 is 0 Å². The summed E-state index contributed by atoms with van der Waals surface area (Å²) in [6.45, 7) is 0. The highest BCUT2D eigenvalue weighted by atomic mass is 16.3. The lowest BCUT2D eigenvalue weighted by atomic mass is 9.94. The van der Waals surface area contributed by atoms with E-state index in [9.17, 15) is 0 Å². The predicted molar refractivity (Wildman–Crippen MR) is 220 cm³/mol. The molecule has 0 radical (unpaired) electrons. The fraction of sp³-hybridized carbons (Fsp3) is 0. The average molecular weight is 664 g/mol. The minimum absolute atomic E-state index is 0.884. The third kappa shape index (κ3) is 5.04.